The first-order chi connectivity index (χ1) is 14.0. The van der Waals surface area contributed by atoms with Gasteiger partial charge in [0.05, 0.1) is 11.4 Å². The number of urea groups is 1. The molecule has 1 heterocycles. The summed E-state index contributed by atoms with van der Waals surface area (Å²) in [7, 11) is 0. The minimum Gasteiger partial charge on any atom is -0.334 e. The van der Waals surface area contributed by atoms with E-state index in [4.69, 9.17) is 0 Å². The maximum Gasteiger partial charge on any atom is 0.319 e. The van der Waals surface area contributed by atoms with E-state index >= 15 is 0 Å². The number of carbonyl (C=O) groups excluding carboxylic acids is 2. The molecular formula is C22H23N5O2. The number of anilines is 2. The Hall–Kier alpha value is -3.87. The van der Waals surface area contributed by atoms with E-state index in [1.54, 1.807) is 42.5 Å². The molecule has 2 aromatic carbocycles. The smallest absolute Gasteiger partial charge is 0.319 e. The molecule has 0 radical (unpaired) electrons. The van der Waals surface area contributed by atoms with E-state index in [2.05, 4.69) is 27.6 Å². The lowest BCUT2D eigenvalue weighted by Gasteiger charge is -2.09. The highest BCUT2D eigenvalue weighted by Gasteiger charge is 2.09. The molecule has 3 amide bonds. The summed E-state index contributed by atoms with van der Waals surface area (Å²) in [6, 6.07) is 15.8. The van der Waals surface area contributed by atoms with Crippen LogP contribution in [0.3, 0.4) is 0 Å². The van der Waals surface area contributed by atoms with Crippen LogP contribution in [0.2, 0.25) is 0 Å². The second kappa shape index (κ2) is 8.88. The fraction of sp³-hybridized carbons (Fsp3) is 0.136. The molecule has 29 heavy (non-hydrogen) atoms. The second-order valence-electron chi connectivity index (χ2n) is 6.54. The minimum atomic E-state index is -0.315. The molecule has 0 spiro atoms. The van der Waals surface area contributed by atoms with Crippen LogP contribution in [0, 0.1) is 13.8 Å². The highest BCUT2D eigenvalue weighted by molar-refractivity contribution is 6.04. The van der Waals surface area contributed by atoms with E-state index in [0.29, 0.717) is 23.5 Å². The number of aromatic nitrogens is 2. The first kappa shape index (κ1) is 19.9. The average molecular weight is 389 g/mol. The van der Waals surface area contributed by atoms with E-state index in [1.807, 2.05) is 36.7 Å². The molecule has 0 aliphatic rings. The summed E-state index contributed by atoms with van der Waals surface area (Å²) in [5.41, 5.74) is 4.68. The van der Waals surface area contributed by atoms with Gasteiger partial charge >= 0.3 is 6.03 Å². The van der Waals surface area contributed by atoms with Gasteiger partial charge in [0.15, 0.2) is 0 Å². The molecule has 7 nitrogen and oxygen atoms in total. The summed E-state index contributed by atoms with van der Waals surface area (Å²) in [6.45, 7) is 7.86. The first-order valence-corrected chi connectivity index (χ1v) is 9.17. The molecule has 0 fully saturated rings. The number of amides is 3. The van der Waals surface area contributed by atoms with Crippen molar-refractivity contribution in [3.05, 3.63) is 84.2 Å². The molecule has 1 aromatic heterocycles. The monoisotopic (exact) mass is 389 g/mol. The Morgan fingerprint density at radius 1 is 1.00 bits per heavy atom. The Balaban J connectivity index is 1.62. The molecule has 0 atom stereocenters. The van der Waals surface area contributed by atoms with Crippen molar-refractivity contribution >= 4 is 23.3 Å². The van der Waals surface area contributed by atoms with Gasteiger partial charge in [-0.15, -0.1) is 6.58 Å². The zero-order valence-electron chi connectivity index (χ0n) is 16.4. The van der Waals surface area contributed by atoms with Crippen LogP contribution < -0.4 is 16.0 Å². The summed E-state index contributed by atoms with van der Waals surface area (Å²) in [5, 5.41) is 12.6. The van der Waals surface area contributed by atoms with Crippen molar-refractivity contribution < 1.29 is 9.59 Å². The number of hydrogen-bond acceptors (Lipinski definition) is 3. The van der Waals surface area contributed by atoms with Gasteiger partial charge in [-0.2, -0.15) is 5.10 Å². The molecule has 148 valence electrons. The van der Waals surface area contributed by atoms with Gasteiger partial charge in [0.25, 0.3) is 5.91 Å². The zero-order chi connectivity index (χ0) is 20.8. The van der Waals surface area contributed by atoms with E-state index in [-0.39, 0.29) is 11.9 Å². The maximum atomic E-state index is 12.5. The van der Waals surface area contributed by atoms with Gasteiger partial charge in [0, 0.05) is 29.2 Å². The Bertz CT molecular complexity index is 1020. The van der Waals surface area contributed by atoms with Gasteiger partial charge in [-0.25, -0.2) is 9.48 Å². The van der Waals surface area contributed by atoms with E-state index in [9.17, 15) is 9.59 Å². The molecule has 3 N–H and O–H groups in total. The van der Waals surface area contributed by atoms with Crippen LogP contribution in [0.4, 0.5) is 16.2 Å². The summed E-state index contributed by atoms with van der Waals surface area (Å²) in [6.07, 6.45) is 1.60. The first-order valence-electron chi connectivity index (χ1n) is 9.17. The van der Waals surface area contributed by atoms with Crippen molar-refractivity contribution in [2.75, 3.05) is 17.2 Å². The van der Waals surface area contributed by atoms with E-state index < -0.39 is 0 Å². The predicted molar refractivity (Wildman–Crippen MR) is 115 cm³/mol. The molecule has 0 aliphatic heterocycles. The topological polar surface area (TPSA) is 88.0 Å². The third-order valence-corrected chi connectivity index (χ3v) is 4.19. The SMILES string of the molecule is C=CCNC(=O)Nc1ccc(NC(=O)c2ccc(-n3nc(C)cc3C)cc2)cc1. The zero-order valence-corrected chi connectivity index (χ0v) is 16.4. The summed E-state index contributed by atoms with van der Waals surface area (Å²) in [5.74, 6) is -0.214. The predicted octanol–water partition coefficient (Wildman–Crippen LogP) is 4.05. The summed E-state index contributed by atoms with van der Waals surface area (Å²) in [4.78, 5) is 24.1. The fourth-order valence-electron chi connectivity index (χ4n) is 2.82. The van der Waals surface area contributed by atoms with E-state index in [0.717, 1.165) is 17.1 Å². The molecule has 7 heteroatoms. The highest BCUT2D eigenvalue weighted by Crippen LogP contribution is 2.16. The van der Waals surface area contributed by atoms with Crippen molar-refractivity contribution in [2.24, 2.45) is 0 Å². The van der Waals surface area contributed by atoms with Crippen molar-refractivity contribution in [3.8, 4) is 5.69 Å². The Morgan fingerprint density at radius 3 is 2.17 bits per heavy atom. The minimum absolute atomic E-state index is 0.214. The molecular weight excluding hydrogens is 366 g/mol. The third-order valence-electron chi connectivity index (χ3n) is 4.19. The second-order valence-corrected chi connectivity index (χ2v) is 6.54. The number of nitrogens with one attached hydrogen (secondary N) is 3. The average Bonchev–Trinajstić information content (AvgIpc) is 3.06. The molecule has 0 saturated carbocycles. The van der Waals surface area contributed by atoms with Crippen LogP contribution >= 0.6 is 0 Å². The van der Waals surface area contributed by atoms with E-state index in [1.165, 1.54) is 0 Å². The van der Waals surface area contributed by atoms with Gasteiger partial charge in [0.1, 0.15) is 0 Å². The molecule has 0 aliphatic carbocycles. The Labute approximate surface area is 169 Å². The quantitative estimate of drug-likeness (QED) is 0.556. The van der Waals surface area contributed by atoms with Crippen molar-refractivity contribution in [2.45, 2.75) is 13.8 Å². The molecule has 0 unspecified atom stereocenters. The number of carbonyl (C=O) groups is 2. The summed E-state index contributed by atoms with van der Waals surface area (Å²) >= 11 is 0. The maximum absolute atomic E-state index is 12.5. The Morgan fingerprint density at radius 2 is 1.62 bits per heavy atom. The standard InChI is InChI=1S/C22H23N5O2/c1-4-13-23-22(29)25-19-9-7-18(8-10-19)24-21(28)17-5-11-20(12-6-17)27-16(3)14-15(2)26-27/h4-12,14H,1,13H2,2-3H3,(H,24,28)(H2,23,25,29). The third kappa shape index (κ3) is 5.10. The normalized spacial score (nSPS) is 10.3. The van der Waals surface area contributed by atoms with Crippen LogP contribution in [0.5, 0.6) is 0 Å². The lowest BCUT2D eigenvalue weighted by molar-refractivity contribution is 0.102. The van der Waals surface area contributed by atoms with Gasteiger partial charge < -0.3 is 16.0 Å². The number of rotatable bonds is 6. The number of benzene rings is 2. The van der Waals surface area contributed by atoms with Crippen LogP contribution in [0.1, 0.15) is 21.7 Å². The van der Waals surface area contributed by atoms with Crippen LogP contribution in [0.15, 0.2) is 67.3 Å². The molecule has 0 bridgehead atoms. The van der Waals surface area contributed by atoms with Gasteiger partial charge in [-0.3, -0.25) is 4.79 Å². The van der Waals surface area contributed by atoms with Crippen LogP contribution in [0.25, 0.3) is 5.69 Å². The number of aryl methyl sites for hydroxylation is 2. The number of hydrogen-bond donors (Lipinski definition) is 3. The van der Waals surface area contributed by atoms with Crippen LogP contribution in [-0.2, 0) is 0 Å². The van der Waals surface area contributed by atoms with Gasteiger partial charge in [-0.05, 0) is 68.4 Å². The van der Waals surface area contributed by atoms with Crippen molar-refractivity contribution in [1.29, 1.82) is 0 Å². The molecule has 3 rings (SSSR count). The van der Waals surface area contributed by atoms with Gasteiger partial charge in [-0.1, -0.05) is 6.08 Å². The molecule has 3 aromatic rings. The Kier molecular flexibility index (Phi) is 6.09. The largest absolute Gasteiger partial charge is 0.334 e. The fourth-order valence-corrected chi connectivity index (χ4v) is 2.82. The van der Waals surface area contributed by atoms with Crippen LogP contribution in [-0.4, -0.2) is 28.3 Å². The lowest BCUT2D eigenvalue weighted by atomic mass is 10.2. The van der Waals surface area contributed by atoms with Gasteiger partial charge in [0.2, 0.25) is 0 Å². The summed E-state index contributed by atoms with van der Waals surface area (Å²) < 4.78 is 1.84. The van der Waals surface area contributed by atoms with Crippen molar-refractivity contribution in [1.82, 2.24) is 15.1 Å². The lowest BCUT2D eigenvalue weighted by Crippen LogP contribution is -2.28. The number of nitrogens with zero attached hydrogens (tertiary/aromatic N) is 2. The van der Waals surface area contributed by atoms with Crippen molar-refractivity contribution in [3.63, 3.8) is 0 Å². The molecule has 0 saturated heterocycles. The highest BCUT2D eigenvalue weighted by atomic mass is 16.2.